The molecule has 1 aliphatic rings. The number of carbonyl (C=O) groups excluding carboxylic acids is 1. The second-order valence-corrected chi connectivity index (χ2v) is 6.38. The van der Waals surface area contributed by atoms with Crippen LogP contribution in [0.25, 0.3) is 0 Å². The lowest BCUT2D eigenvalue weighted by Gasteiger charge is -2.31. The number of hydrogen-bond acceptors (Lipinski definition) is 5. The predicted octanol–water partition coefficient (Wildman–Crippen LogP) is 1.39. The molecular formula is C16H27N5O. The molecule has 22 heavy (non-hydrogen) atoms. The van der Waals surface area contributed by atoms with Crippen LogP contribution >= 0.6 is 0 Å². The highest BCUT2D eigenvalue weighted by molar-refractivity contribution is 5.92. The lowest BCUT2D eigenvalue weighted by molar-refractivity contribution is 0.0946. The zero-order valence-electron chi connectivity index (χ0n) is 13.9. The zero-order valence-corrected chi connectivity index (χ0v) is 13.9. The number of piperidine rings is 1. The molecule has 0 bridgehead atoms. The summed E-state index contributed by atoms with van der Waals surface area (Å²) in [4.78, 5) is 16.3. The molecule has 0 radical (unpaired) electrons. The van der Waals surface area contributed by atoms with E-state index < -0.39 is 0 Å². The van der Waals surface area contributed by atoms with Crippen molar-refractivity contribution in [3.8, 4) is 0 Å². The summed E-state index contributed by atoms with van der Waals surface area (Å²) < 4.78 is 0. The topological polar surface area (TPSA) is 61.4 Å². The molecule has 1 N–H and O–H groups in total. The molecule has 1 aromatic rings. The quantitative estimate of drug-likeness (QED) is 0.805. The summed E-state index contributed by atoms with van der Waals surface area (Å²) in [5.41, 5.74) is 0.388. The number of rotatable bonds is 6. The third kappa shape index (κ3) is 4.94. The Labute approximate surface area is 132 Å². The predicted molar refractivity (Wildman–Crippen MR) is 88.1 cm³/mol. The summed E-state index contributed by atoms with van der Waals surface area (Å²) in [5, 5.41) is 11.2. The van der Waals surface area contributed by atoms with Crippen LogP contribution in [-0.4, -0.2) is 61.3 Å². The van der Waals surface area contributed by atoms with Crippen LogP contribution in [0.1, 0.15) is 36.7 Å². The van der Waals surface area contributed by atoms with Crippen molar-refractivity contribution in [3.05, 3.63) is 17.8 Å². The highest BCUT2D eigenvalue weighted by Crippen LogP contribution is 2.20. The van der Waals surface area contributed by atoms with E-state index in [2.05, 4.69) is 32.2 Å². The van der Waals surface area contributed by atoms with Crippen molar-refractivity contribution in [2.24, 2.45) is 5.92 Å². The minimum Gasteiger partial charge on any atom is -0.355 e. The molecule has 1 saturated heterocycles. The molecule has 0 saturated carbocycles. The van der Waals surface area contributed by atoms with Gasteiger partial charge in [-0.2, -0.15) is 0 Å². The van der Waals surface area contributed by atoms with E-state index in [9.17, 15) is 4.79 Å². The maximum atomic E-state index is 12.0. The largest absolute Gasteiger partial charge is 0.355 e. The molecular weight excluding hydrogens is 278 g/mol. The van der Waals surface area contributed by atoms with Crippen LogP contribution in [0.15, 0.2) is 12.1 Å². The van der Waals surface area contributed by atoms with Gasteiger partial charge in [0.1, 0.15) is 0 Å². The normalized spacial score (nSPS) is 18.5. The smallest absolute Gasteiger partial charge is 0.271 e. The van der Waals surface area contributed by atoms with Crippen molar-refractivity contribution >= 4 is 11.7 Å². The average molecular weight is 305 g/mol. The SMILES string of the molecule is CC1CCCN(c2ccc(C(=O)NCCCN(C)C)nn2)C1. The van der Waals surface area contributed by atoms with Gasteiger partial charge in [-0.05, 0) is 58.0 Å². The Morgan fingerprint density at radius 3 is 2.86 bits per heavy atom. The van der Waals surface area contributed by atoms with Crippen molar-refractivity contribution in [2.75, 3.05) is 45.2 Å². The van der Waals surface area contributed by atoms with Gasteiger partial charge in [-0.3, -0.25) is 4.79 Å². The van der Waals surface area contributed by atoms with Gasteiger partial charge in [0, 0.05) is 19.6 Å². The third-order valence-corrected chi connectivity index (χ3v) is 3.93. The van der Waals surface area contributed by atoms with Crippen LogP contribution in [0.5, 0.6) is 0 Å². The van der Waals surface area contributed by atoms with E-state index in [-0.39, 0.29) is 5.91 Å². The Balaban J connectivity index is 1.84. The Bertz CT molecular complexity index is 474. The molecule has 0 aromatic carbocycles. The van der Waals surface area contributed by atoms with Crippen LogP contribution < -0.4 is 10.2 Å². The van der Waals surface area contributed by atoms with Gasteiger partial charge < -0.3 is 15.1 Å². The highest BCUT2D eigenvalue weighted by Gasteiger charge is 2.18. The Kier molecular flexibility index (Phi) is 6.12. The van der Waals surface area contributed by atoms with E-state index in [4.69, 9.17) is 0 Å². The number of amides is 1. The molecule has 1 aliphatic heterocycles. The van der Waals surface area contributed by atoms with Crippen molar-refractivity contribution in [2.45, 2.75) is 26.2 Å². The number of nitrogens with zero attached hydrogens (tertiary/aromatic N) is 4. The van der Waals surface area contributed by atoms with Crippen LogP contribution in [0.4, 0.5) is 5.82 Å². The lowest BCUT2D eigenvalue weighted by atomic mass is 10.0. The molecule has 1 unspecified atom stereocenters. The standard InChI is InChI=1S/C16H27N5O/c1-13-6-4-11-21(12-13)15-8-7-14(18-19-15)16(22)17-9-5-10-20(2)3/h7-8,13H,4-6,9-12H2,1-3H3,(H,17,22). The van der Waals surface area contributed by atoms with Gasteiger partial charge in [0.2, 0.25) is 0 Å². The first-order chi connectivity index (χ1) is 10.6. The van der Waals surface area contributed by atoms with Crippen molar-refractivity contribution in [3.63, 3.8) is 0 Å². The molecule has 1 amide bonds. The number of hydrogen-bond donors (Lipinski definition) is 1. The minimum atomic E-state index is -0.148. The second kappa shape index (κ2) is 8.08. The Morgan fingerprint density at radius 2 is 2.23 bits per heavy atom. The molecule has 122 valence electrons. The molecule has 1 fully saturated rings. The first-order valence-corrected chi connectivity index (χ1v) is 8.08. The van der Waals surface area contributed by atoms with Gasteiger partial charge in [0.15, 0.2) is 11.5 Å². The zero-order chi connectivity index (χ0) is 15.9. The summed E-state index contributed by atoms with van der Waals surface area (Å²) in [5.74, 6) is 1.41. The average Bonchev–Trinajstić information content (AvgIpc) is 2.51. The molecule has 2 rings (SSSR count). The second-order valence-electron chi connectivity index (χ2n) is 6.38. The number of carbonyl (C=O) groups is 1. The minimum absolute atomic E-state index is 0.148. The molecule has 0 aliphatic carbocycles. The molecule has 6 heteroatoms. The van der Waals surface area contributed by atoms with Crippen molar-refractivity contribution in [1.82, 2.24) is 20.4 Å². The van der Waals surface area contributed by atoms with Gasteiger partial charge in [-0.1, -0.05) is 6.92 Å². The maximum Gasteiger partial charge on any atom is 0.271 e. The monoisotopic (exact) mass is 305 g/mol. The summed E-state index contributed by atoms with van der Waals surface area (Å²) in [6, 6.07) is 3.67. The van der Waals surface area contributed by atoms with E-state index in [1.807, 2.05) is 20.2 Å². The fourth-order valence-corrected chi connectivity index (χ4v) is 2.70. The van der Waals surface area contributed by atoms with Gasteiger partial charge in [-0.15, -0.1) is 10.2 Å². The van der Waals surface area contributed by atoms with Gasteiger partial charge in [0.05, 0.1) is 0 Å². The summed E-state index contributed by atoms with van der Waals surface area (Å²) >= 11 is 0. The first-order valence-electron chi connectivity index (χ1n) is 8.08. The first kappa shape index (κ1) is 16.7. The van der Waals surface area contributed by atoms with Crippen LogP contribution in [0.2, 0.25) is 0 Å². The summed E-state index contributed by atoms with van der Waals surface area (Å²) in [6.07, 6.45) is 3.39. The van der Waals surface area contributed by atoms with E-state index in [0.717, 1.165) is 31.9 Å². The molecule has 0 spiro atoms. The molecule has 1 atom stereocenters. The lowest BCUT2D eigenvalue weighted by Crippen LogP contribution is -2.35. The fourth-order valence-electron chi connectivity index (χ4n) is 2.70. The molecule has 1 aromatic heterocycles. The number of nitrogens with one attached hydrogen (secondary N) is 1. The van der Waals surface area contributed by atoms with Crippen molar-refractivity contribution < 1.29 is 4.79 Å². The van der Waals surface area contributed by atoms with Crippen LogP contribution in [-0.2, 0) is 0 Å². The van der Waals surface area contributed by atoms with Gasteiger partial charge in [-0.25, -0.2) is 0 Å². The highest BCUT2D eigenvalue weighted by atomic mass is 16.1. The van der Waals surface area contributed by atoms with E-state index in [0.29, 0.717) is 18.2 Å². The van der Waals surface area contributed by atoms with Crippen LogP contribution in [0, 0.1) is 5.92 Å². The van der Waals surface area contributed by atoms with Gasteiger partial charge >= 0.3 is 0 Å². The molecule has 2 heterocycles. The van der Waals surface area contributed by atoms with Crippen molar-refractivity contribution in [1.29, 1.82) is 0 Å². The van der Waals surface area contributed by atoms with Crippen LogP contribution in [0.3, 0.4) is 0 Å². The Morgan fingerprint density at radius 1 is 1.41 bits per heavy atom. The summed E-state index contributed by atoms with van der Waals surface area (Å²) in [7, 11) is 4.04. The number of aromatic nitrogens is 2. The third-order valence-electron chi connectivity index (χ3n) is 3.93. The van der Waals surface area contributed by atoms with E-state index in [1.54, 1.807) is 6.07 Å². The number of anilines is 1. The van der Waals surface area contributed by atoms with E-state index in [1.165, 1.54) is 12.8 Å². The Hall–Kier alpha value is -1.69. The summed E-state index contributed by atoms with van der Waals surface area (Å²) in [6.45, 7) is 5.91. The van der Waals surface area contributed by atoms with E-state index >= 15 is 0 Å². The fraction of sp³-hybridized carbons (Fsp3) is 0.688. The molecule has 6 nitrogen and oxygen atoms in total. The maximum absolute atomic E-state index is 12.0. The van der Waals surface area contributed by atoms with Gasteiger partial charge in [0.25, 0.3) is 5.91 Å².